The number of unbranched alkanes of at least 4 members (excludes halogenated alkanes) is 8. The van der Waals surface area contributed by atoms with Gasteiger partial charge in [-0.25, -0.2) is 0 Å². The van der Waals surface area contributed by atoms with Crippen LogP contribution in [0.1, 0.15) is 90.9 Å². The van der Waals surface area contributed by atoms with E-state index < -0.39 is 5.97 Å². The molecule has 0 saturated heterocycles. The molecule has 0 aliphatic heterocycles. The Balaban J connectivity index is 4.24. The number of thioether (sulfide) groups is 1. The Hall–Kier alpha value is 0.230. The molecule has 0 radical (unpaired) electrons. The van der Waals surface area contributed by atoms with Crippen molar-refractivity contribution in [3.8, 4) is 0 Å². The molecule has 152 valence electrons. The van der Waals surface area contributed by atoms with Gasteiger partial charge in [0.2, 0.25) is 0 Å². The molecule has 0 aliphatic carbocycles. The molecular weight excluding hydrogens is 332 g/mol. The van der Waals surface area contributed by atoms with Crippen molar-refractivity contribution in [2.24, 2.45) is 5.92 Å². The Morgan fingerprint density at radius 3 is 1.72 bits per heavy atom. The highest BCUT2D eigenvalue weighted by molar-refractivity contribution is 7.99. The Bertz CT molecular complexity index is 262. The van der Waals surface area contributed by atoms with E-state index in [0.29, 0.717) is 5.92 Å². The standard InChI is InChI=1S/C21H44O3S/c1-6-8-10-12-13-14-16-20(21(22-3,23-4)24-5)17-19-25-18-15-11-9-7-2/h20H,6-19H2,1-5H3. The molecule has 3 nitrogen and oxygen atoms in total. The van der Waals surface area contributed by atoms with Crippen molar-refractivity contribution in [3.05, 3.63) is 0 Å². The maximum absolute atomic E-state index is 5.65. The van der Waals surface area contributed by atoms with Gasteiger partial charge in [0.1, 0.15) is 0 Å². The van der Waals surface area contributed by atoms with Crippen LogP contribution in [0.15, 0.2) is 0 Å². The van der Waals surface area contributed by atoms with Gasteiger partial charge in [0, 0.05) is 27.2 Å². The molecule has 0 rings (SSSR count). The maximum atomic E-state index is 5.65. The van der Waals surface area contributed by atoms with Gasteiger partial charge in [0.25, 0.3) is 5.97 Å². The topological polar surface area (TPSA) is 27.7 Å². The second-order valence-corrected chi connectivity index (χ2v) is 8.16. The van der Waals surface area contributed by atoms with Crippen molar-refractivity contribution in [2.75, 3.05) is 32.8 Å². The van der Waals surface area contributed by atoms with E-state index in [1.165, 1.54) is 70.0 Å². The number of methoxy groups -OCH3 is 3. The van der Waals surface area contributed by atoms with Crippen LogP contribution in [0, 0.1) is 5.92 Å². The van der Waals surface area contributed by atoms with Crippen molar-refractivity contribution in [3.63, 3.8) is 0 Å². The van der Waals surface area contributed by atoms with E-state index in [4.69, 9.17) is 14.2 Å². The van der Waals surface area contributed by atoms with Gasteiger partial charge in [-0.15, -0.1) is 0 Å². The van der Waals surface area contributed by atoms with E-state index in [1.807, 2.05) is 0 Å². The van der Waals surface area contributed by atoms with Crippen molar-refractivity contribution < 1.29 is 14.2 Å². The molecule has 0 saturated carbocycles. The van der Waals surface area contributed by atoms with Crippen LogP contribution in [-0.4, -0.2) is 38.8 Å². The molecule has 0 bridgehead atoms. The minimum atomic E-state index is -0.883. The molecule has 1 atom stereocenters. The number of ether oxygens (including phenoxy) is 3. The highest BCUT2D eigenvalue weighted by Gasteiger charge is 2.39. The van der Waals surface area contributed by atoms with Gasteiger partial charge >= 0.3 is 0 Å². The van der Waals surface area contributed by atoms with E-state index in [9.17, 15) is 0 Å². The normalized spacial score (nSPS) is 13.3. The summed E-state index contributed by atoms with van der Waals surface area (Å²) in [6.07, 6.45) is 15.5. The van der Waals surface area contributed by atoms with Gasteiger partial charge in [-0.2, -0.15) is 11.8 Å². The van der Waals surface area contributed by atoms with Crippen LogP contribution in [0.3, 0.4) is 0 Å². The SMILES string of the molecule is CCCCCCCCC(CCSCCCCCC)C(OC)(OC)OC. The fourth-order valence-corrected chi connectivity index (χ4v) is 4.44. The van der Waals surface area contributed by atoms with E-state index in [1.54, 1.807) is 21.3 Å². The van der Waals surface area contributed by atoms with Crippen LogP contribution < -0.4 is 0 Å². The van der Waals surface area contributed by atoms with Crippen LogP contribution in [0.4, 0.5) is 0 Å². The predicted molar refractivity (Wildman–Crippen MR) is 111 cm³/mol. The summed E-state index contributed by atoms with van der Waals surface area (Å²) in [7, 11) is 5.08. The summed E-state index contributed by atoms with van der Waals surface area (Å²) in [6, 6.07) is 0. The van der Waals surface area contributed by atoms with E-state index in [2.05, 4.69) is 25.6 Å². The number of hydrogen-bond donors (Lipinski definition) is 0. The lowest BCUT2D eigenvalue weighted by Crippen LogP contribution is -2.44. The monoisotopic (exact) mass is 376 g/mol. The van der Waals surface area contributed by atoms with Gasteiger partial charge in [0.05, 0.1) is 0 Å². The first kappa shape index (κ1) is 25.2. The van der Waals surface area contributed by atoms with Gasteiger partial charge in [-0.05, 0) is 30.8 Å². The molecular formula is C21H44O3S. The van der Waals surface area contributed by atoms with Crippen molar-refractivity contribution in [1.82, 2.24) is 0 Å². The fourth-order valence-electron chi connectivity index (χ4n) is 3.38. The summed E-state index contributed by atoms with van der Waals surface area (Å²) in [6.45, 7) is 4.53. The summed E-state index contributed by atoms with van der Waals surface area (Å²) in [5.74, 6) is 1.84. The van der Waals surface area contributed by atoms with Gasteiger partial charge in [-0.3, -0.25) is 0 Å². The van der Waals surface area contributed by atoms with E-state index in [0.717, 1.165) is 18.6 Å². The largest absolute Gasteiger partial charge is 0.331 e. The Kier molecular flexibility index (Phi) is 17.8. The van der Waals surface area contributed by atoms with E-state index in [-0.39, 0.29) is 0 Å². The molecule has 0 aromatic carbocycles. The molecule has 0 N–H and O–H groups in total. The van der Waals surface area contributed by atoms with Crippen molar-refractivity contribution in [2.45, 2.75) is 96.9 Å². The smallest absolute Gasteiger partial charge is 0.285 e. The number of hydrogen-bond acceptors (Lipinski definition) is 4. The summed E-state index contributed by atoms with van der Waals surface area (Å²) in [5, 5.41) is 0. The molecule has 0 amide bonds. The maximum Gasteiger partial charge on any atom is 0.285 e. The quantitative estimate of drug-likeness (QED) is 0.186. The van der Waals surface area contributed by atoms with Gasteiger partial charge in [0.15, 0.2) is 0 Å². The Labute approximate surface area is 162 Å². The first-order valence-electron chi connectivity index (χ1n) is 10.4. The Morgan fingerprint density at radius 2 is 1.16 bits per heavy atom. The molecule has 4 heteroatoms. The predicted octanol–water partition coefficient (Wildman–Crippen LogP) is 6.65. The summed E-state index contributed by atoms with van der Waals surface area (Å²) in [5.41, 5.74) is 0. The number of rotatable bonds is 19. The van der Waals surface area contributed by atoms with Crippen LogP contribution in [0.2, 0.25) is 0 Å². The molecule has 0 aromatic rings. The van der Waals surface area contributed by atoms with Gasteiger partial charge < -0.3 is 14.2 Å². The lowest BCUT2D eigenvalue weighted by atomic mass is 9.95. The zero-order valence-electron chi connectivity index (χ0n) is 17.6. The average Bonchev–Trinajstić information content (AvgIpc) is 2.64. The summed E-state index contributed by atoms with van der Waals surface area (Å²) >= 11 is 2.06. The van der Waals surface area contributed by atoms with Crippen LogP contribution in [0.25, 0.3) is 0 Å². The lowest BCUT2D eigenvalue weighted by Gasteiger charge is -2.36. The molecule has 0 aliphatic rings. The Morgan fingerprint density at radius 1 is 0.640 bits per heavy atom. The van der Waals surface area contributed by atoms with Gasteiger partial charge in [-0.1, -0.05) is 71.6 Å². The highest BCUT2D eigenvalue weighted by atomic mass is 32.2. The van der Waals surface area contributed by atoms with Crippen LogP contribution in [0.5, 0.6) is 0 Å². The lowest BCUT2D eigenvalue weighted by molar-refractivity contribution is -0.379. The van der Waals surface area contributed by atoms with Crippen LogP contribution in [-0.2, 0) is 14.2 Å². The first-order chi connectivity index (χ1) is 12.2. The molecule has 1 unspecified atom stereocenters. The minimum Gasteiger partial charge on any atom is -0.331 e. The first-order valence-corrected chi connectivity index (χ1v) is 11.6. The molecule has 0 heterocycles. The second kappa shape index (κ2) is 17.6. The van der Waals surface area contributed by atoms with Crippen molar-refractivity contribution in [1.29, 1.82) is 0 Å². The minimum absolute atomic E-state index is 0.293. The highest BCUT2D eigenvalue weighted by Crippen LogP contribution is 2.32. The molecule has 0 fully saturated rings. The van der Waals surface area contributed by atoms with Crippen LogP contribution >= 0.6 is 11.8 Å². The third kappa shape index (κ3) is 11.5. The molecule has 25 heavy (non-hydrogen) atoms. The fraction of sp³-hybridized carbons (Fsp3) is 1.00. The van der Waals surface area contributed by atoms with E-state index >= 15 is 0 Å². The zero-order valence-corrected chi connectivity index (χ0v) is 18.4. The molecule has 0 spiro atoms. The average molecular weight is 377 g/mol. The molecule has 0 aromatic heterocycles. The third-order valence-corrected chi connectivity index (χ3v) is 6.11. The second-order valence-electron chi connectivity index (χ2n) is 6.93. The van der Waals surface area contributed by atoms with Crippen molar-refractivity contribution >= 4 is 11.8 Å². The zero-order chi connectivity index (χ0) is 18.8. The summed E-state index contributed by atoms with van der Waals surface area (Å²) < 4.78 is 17.0. The summed E-state index contributed by atoms with van der Waals surface area (Å²) in [4.78, 5) is 0. The third-order valence-electron chi connectivity index (χ3n) is 5.01.